The zero-order chi connectivity index (χ0) is 10.3. The van der Waals surface area contributed by atoms with Crippen LogP contribution in [0.2, 0.25) is 6.32 Å². The van der Waals surface area contributed by atoms with Crippen LogP contribution in [-0.2, 0) is 0 Å². The summed E-state index contributed by atoms with van der Waals surface area (Å²) >= 11 is 0. The molecule has 0 radical (unpaired) electrons. The van der Waals surface area contributed by atoms with E-state index in [1.54, 1.807) is 0 Å². The predicted octanol–water partition coefficient (Wildman–Crippen LogP) is 0.923. The monoisotopic (exact) mass is 185 g/mol. The smallest absolute Gasteiger partial charge is 0.427 e. The van der Waals surface area contributed by atoms with Gasteiger partial charge in [0.15, 0.2) is 0 Å². The fourth-order valence-electron chi connectivity index (χ4n) is 1.29. The third-order valence-electron chi connectivity index (χ3n) is 2.07. The predicted molar refractivity (Wildman–Crippen MR) is 56.3 cm³/mol. The van der Waals surface area contributed by atoms with Crippen LogP contribution in [0.3, 0.4) is 0 Å². The highest BCUT2D eigenvalue weighted by Crippen LogP contribution is 2.16. The second-order valence-corrected chi connectivity index (χ2v) is 3.87. The molecule has 0 rings (SSSR count). The van der Waals surface area contributed by atoms with Crippen LogP contribution in [-0.4, -0.2) is 22.7 Å². The van der Waals surface area contributed by atoms with Gasteiger partial charge in [-0.15, -0.1) is 6.58 Å². The van der Waals surface area contributed by atoms with Gasteiger partial charge in [-0.05, 0) is 26.1 Å². The molecule has 0 bridgehead atoms. The standard InChI is InChI=1S/C9H20BNO2/c1-3-6-9(2,11)7-4-5-8-10(12)13/h3,12-13H,1,4-8,11H2,2H3. The third kappa shape index (κ3) is 8.03. The Labute approximate surface area is 80.8 Å². The van der Waals surface area contributed by atoms with E-state index in [4.69, 9.17) is 15.8 Å². The first-order valence-electron chi connectivity index (χ1n) is 4.74. The van der Waals surface area contributed by atoms with Crippen LogP contribution in [0.5, 0.6) is 0 Å². The van der Waals surface area contributed by atoms with Crippen molar-refractivity contribution in [2.45, 2.75) is 44.5 Å². The molecule has 0 amide bonds. The summed E-state index contributed by atoms with van der Waals surface area (Å²) in [4.78, 5) is 0. The molecule has 0 spiro atoms. The summed E-state index contributed by atoms with van der Waals surface area (Å²) in [6.45, 7) is 5.63. The number of hydrogen-bond acceptors (Lipinski definition) is 3. The molecule has 3 nitrogen and oxygen atoms in total. The van der Waals surface area contributed by atoms with E-state index in [1.807, 2.05) is 13.0 Å². The number of unbranched alkanes of at least 4 members (excludes halogenated alkanes) is 1. The van der Waals surface area contributed by atoms with Crippen LogP contribution in [0.15, 0.2) is 12.7 Å². The summed E-state index contributed by atoms with van der Waals surface area (Å²) < 4.78 is 0. The highest BCUT2D eigenvalue weighted by molar-refractivity contribution is 6.40. The van der Waals surface area contributed by atoms with Crippen molar-refractivity contribution < 1.29 is 10.0 Å². The van der Waals surface area contributed by atoms with Crippen LogP contribution < -0.4 is 5.73 Å². The summed E-state index contributed by atoms with van der Waals surface area (Å²) in [5.41, 5.74) is 5.76. The Morgan fingerprint density at radius 1 is 1.46 bits per heavy atom. The van der Waals surface area contributed by atoms with Gasteiger partial charge in [-0.2, -0.15) is 0 Å². The lowest BCUT2D eigenvalue weighted by atomic mass is 9.82. The van der Waals surface area contributed by atoms with Gasteiger partial charge in [0.2, 0.25) is 0 Å². The van der Waals surface area contributed by atoms with Crippen LogP contribution >= 0.6 is 0 Å². The van der Waals surface area contributed by atoms with Crippen molar-refractivity contribution in [3.05, 3.63) is 12.7 Å². The highest BCUT2D eigenvalue weighted by atomic mass is 16.4. The van der Waals surface area contributed by atoms with Crippen LogP contribution in [0.4, 0.5) is 0 Å². The Kier molecular flexibility index (Phi) is 6.04. The molecule has 0 aliphatic carbocycles. The van der Waals surface area contributed by atoms with Gasteiger partial charge in [-0.25, -0.2) is 0 Å². The summed E-state index contributed by atoms with van der Waals surface area (Å²) in [6, 6.07) is 0. The molecule has 0 heterocycles. The Bertz CT molecular complexity index is 149. The summed E-state index contributed by atoms with van der Waals surface area (Å²) in [5.74, 6) is 0. The summed E-state index contributed by atoms with van der Waals surface area (Å²) in [5, 5.41) is 17.2. The molecule has 0 aromatic rings. The van der Waals surface area contributed by atoms with Gasteiger partial charge in [0.05, 0.1) is 0 Å². The SMILES string of the molecule is C=CCC(C)(N)CCCCB(O)O. The molecule has 4 N–H and O–H groups in total. The molecule has 1 atom stereocenters. The van der Waals surface area contributed by atoms with Crippen molar-refractivity contribution >= 4 is 7.12 Å². The topological polar surface area (TPSA) is 66.5 Å². The maximum Gasteiger partial charge on any atom is 0.451 e. The van der Waals surface area contributed by atoms with Gasteiger partial charge in [-0.3, -0.25) is 0 Å². The quantitative estimate of drug-likeness (QED) is 0.314. The molecule has 0 saturated carbocycles. The van der Waals surface area contributed by atoms with Crippen LogP contribution in [0.25, 0.3) is 0 Å². The first kappa shape index (κ1) is 12.7. The van der Waals surface area contributed by atoms with E-state index >= 15 is 0 Å². The fraction of sp³-hybridized carbons (Fsp3) is 0.778. The molecular formula is C9H20BNO2. The lowest BCUT2D eigenvalue weighted by Crippen LogP contribution is -2.35. The third-order valence-corrected chi connectivity index (χ3v) is 2.07. The lowest BCUT2D eigenvalue weighted by Gasteiger charge is -2.22. The molecule has 0 aliphatic rings. The van der Waals surface area contributed by atoms with Gasteiger partial charge >= 0.3 is 7.12 Å². The highest BCUT2D eigenvalue weighted by Gasteiger charge is 2.16. The van der Waals surface area contributed by atoms with Crippen molar-refractivity contribution in [2.24, 2.45) is 5.73 Å². The maximum absolute atomic E-state index is 8.59. The van der Waals surface area contributed by atoms with E-state index in [0.29, 0.717) is 6.32 Å². The van der Waals surface area contributed by atoms with Crippen LogP contribution in [0.1, 0.15) is 32.6 Å². The minimum absolute atomic E-state index is 0.192. The zero-order valence-corrected chi connectivity index (χ0v) is 8.37. The summed E-state index contributed by atoms with van der Waals surface area (Å²) in [7, 11) is -1.18. The second-order valence-electron chi connectivity index (χ2n) is 3.87. The molecule has 0 aromatic heterocycles. The number of rotatable bonds is 7. The average Bonchev–Trinajstić information content (AvgIpc) is 1.98. The van der Waals surface area contributed by atoms with Gasteiger partial charge in [0.1, 0.15) is 0 Å². The Hall–Kier alpha value is -0.315. The molecular weight excluding hydrogens is 165 g/mol. The van der Waals surface area contributed by atoms with Crippen molar-refractivity contribution in [2.75, 3.05) is 0 Å². The van der Waals surface area contributed by atoms with E-state index in [0.717, 1.165) is 25.7 Å². The number of hydrogen-bond donors (Lipinski definition) is 3. The largest absolute Gasteiger partial charge is 0.451 e. The molecule has 1 unspecified atom stereocenters. The maximum atomic E-state index is 8.59. The van der Waals surface area contributed by atoms with E-state index in [1.165, 1.54) is 0 Å². The van der Waals surface area contributed by atoms with E-state index in [2.05, 4.69) is 6.58 Å². The van der Waals surface area contributed by atoms with Gasteiger partial charge in [0, 0.05) is 5.54 Å². The molecule has 0 saturated heterocycles. The van der Waals surface area contributed by atoms with Crippen molar-refractivity contribution in [1.29, 1.82) is 0 Å². The molecule has 0 fully saturated rings. The summed E-state index contributed by atoms with van der Waals surface area (Å²) in [6.07, 6.45) is 5.69. The van der Waals surface area contributed by atoms with Gasteiger partial charge < -0.3 is 15.8 Å². The lowest BCUT2D eigenvalue weighted by molar-refractivity contribution is 0.389. The Morgan fingerprint density at radius 3 is 2.54 bits per heavy atom. The normalized spacial score (nSPS) is 15.1. The zero-order valence-electron chi connectivity index (χ0n) is 8.37. The molecule has 4 heteroatoms. The Balaban J connectivity index is 3.45. The van der Waals surface area contributed by atoms with E-state index < -0.39 is 7.12 Å². The number of nitrogens with two attached hydrogens (primary N) is 1. The second kappa shape index (κ2) is 6.19. The molecule has 0 aromatic carbocycles. The van der Waals surface area contributed by atoms with Crippen LogP contribution in [0, 0.1) is 0 Å². The Morgan fingerprint density at radius 2 is 2.08 bits per heavy atom. The van der Waals surface area contributed by atoms with E-state index in [-0.39, 0.29) is 5.54 Å². The first-order valence-corrected chi connectivity index (χ1v) is 4.74. The van der Waals surface area contributed by atoms with Gasteiger partial charge in [0.25, 0.3) is 0 Å². The van der Waals surface area contributed by atoms with E-state index in [9.17, 15) is 0 Å². The minimum atomic E-state index is -1.18. The van der Waals surface area contributed by atoms with Crippen molar-refractivity contribution in [1.82, 2.24) is 0 Å². The molecule has 76 valence electrons. The average molecular weight is 185 g/mol. The van der Waals surface area contributed by atoms with Crippen molar-refractivity contribution in [3.63, 3.8) is 0 Å². The first-order chi connectivity index (χ1) is 5.98. The molecule has 13 heavy (non-hydrogen) atoms. The fourth-order valence-corrected chi connectivity index (χ4v) is 1.29. The molecule has 0 aliphatic heterocycles. The van der Waals surface area contributed by atoms with Gasteiger partial charge in [-0.1, -0.05) is 18.9 Å². The van der Waals surface area contributed by atoms with Crippen molar-refractivity contribution in [3.8, 4) is 0 Å². The minimum Gasteiger partial charge on any atom is -0.427 e.